The number of aliphatic carboxylic acids is 1. The monoisotopic (exact) mass is 302 g/mol. The largest absolute Gasteiger partial charge is 0.481 e. The molecule has 114 valence electrons. The van der Waals surface area contributed by atoms with E-state index in [-0.39, 0.29) is 5.69 Å². The summed E-state index contributed by atoms with van der Waals surface area (Å²) in [5.41, 5.74) is -0.936. The van der Waals surface area contributed by atoms with Gasteiger partial charge in [0.25, 0.3) is 0 Å². The van der Waals surface area contributed by atoms with Crippen molar-refractivity contribution in [2.75, 3.05) is 5.32 Å². The van der Waals surface area contributed by atoms with Gasteiger partial charge in [0.1, 0.15) is 5.69 Å². The van der Waals surface area contributed by atoms with E-state index in [9.17, 15) is 22.8 Å². The maximum Gasteiger partial charge on any atom is 0.433 e. The van der Waals surface area contributed by atoms with Gasteiger partial charge in [-0.1, -0.05) is 6.42 Å². The number of nitrogens with zero attached hydrogens (tertiary/aromatic N) is 1. The number of amides is 1. The van der Waals surface area contributed by atoms with Crippen LogP contribution in [0.25, 0.3) is 0 Å². The maximum atomic E-state index is 12.4. The minimum Gasteiger partial charge on any atom is -0.481 e. The van der Waals surface area contributed by atoms with Gasteiger partial charge in [-0.05, 0) is 25.0 Å². The lowest BCUT2D eigenvalue weighted by atomic mass is 9.95. The first-order valence-corrected chi connectivity index (χ1v) is 6.36. The van der Waals surface area contributed by atoms with Gasteiger partial charge >= 0.3 is 12.1 Å². The first-order chi connectivity index (χ1) is 9.79. The zero-order valence-corrected chi connectivity index (χ0v) is 10.9. The van der Waals surface area contributed by atoms with Crippen LogP contribution in [0.1, 0.15) is 25.0 Å². The molecule has 5 nitrogen and oxygen atoms in total. The molecule has 21 heavy (non-hydrogen) atoms. The number of anilines is 1. The van der Waals surface area contributed by atoms with Crippen molar-refractivity contribution < 1.29 is 27.9 Å². The topological polar surface area (TPSA) is 79.3 Å². The fourth-order valence-corrected chi connectivity index (χ4v) is 2.44. The van der Waals surface area contributed by atoms with Crippen molar-refractivity contribution in [1.82, 2.24) is 4.98 Å². The zero-order chi connectivity index (χ0) is 15.6. The van der Waals surface area contributed by atoms with E-state index in [4.69, 9.17) is 5.11 Å². The molecule has 1 aliphatic carbocycles. The number of alkyl halides is 3. The number of carbonyl (C=O) groups is 2. The number of hydrogen-bond acceptors (Lipinski definition) is 3. The summed E-state index contributed by atoms with van der Waals surface area (Å²) >= 11 is 0. The lowest BCUT2D eigenvalue weighted by Gasteiger charge is -2.15. The van der Waals surface area contributed by atoms with Crippen LogP contribution in [0, 0.1) is 11.8 Å². The van der Waals surface area contributed by atoms with Gasteiger partial charge in [0, 0.05) is 0 Å². The summed E-state index contributed by atoms with van der Waals surface area (Å²) in [7, 11) is 0. The Kier molecular flexibility index (Phi) is 4.15. The minimum atomic E-state index is -4.54. The van der Waals surface area contributed by atoms with Gasteiger partial charge in [-0.15, -0.1) is 0 Å². The van der Waals surface area contributed by atoms with Gasteiger partial charge in [-0.2, -0.15) is 13.2 Å². The second kappa shape index (κ2) is 5.71. The SMILES string of the molecule is O=C(O)C1CCCC1C(=O)Nc1ccc(C(F)(F)F)nc1. The molecule has 1 aromatic heterocycles. The number of pyridine rings is 1. The van der Waals surface area contributed by atoms with E-state index in [1.165, 1.54) is 0 Å². The molecule has 1 fully saturated rings. The van der Waals surface area contributed by atoms with E-state index >= 15 is 0 Å². The van der Waals surface area contributed by atoms with Crippen molar-refractivity contribution in [1.29, 1.82) is 0 Å². The molecule has 1 aromatic rings. The number of rotatable bonds is 3. The van der Waals surface area contributed by atoms with Crippen LogP contribution in [0.15, 0.2) is 18.3 Å². The van der Waals surface area contributed by atoms with Crippen LogP contribution in [-0.2, 0) is 15.8 Å². The molecule has 2 unspecified atom stereocenters. The Balaban J connectivity index is 2.04. The first-order valence-electron chi connectivity index (χ1n) is 6.36. The Hall–Kier alpha value is -2.12. The summed E-state index contributed by atoms with van der Waals surface area (Å²) in [5, 5.41) is 11.4. The Labute approximate surface area is 118 Å². The smallest absolute Gasteiger partial charge is 0.433 e. The normalized spacial score (nSPS) is 22.0. The molecule has 1 amide bonds. The summed E-state index contributed by atoms with van der Waals surface area (Å²) in [6, 6.07) is 1.86. The zero-order valence-electron chi connectivity index (χ0n) is 10.9. The summed E-state index contributed by atoms with van der Waals surface area (Å²) in [6.45, 7) is 0. The van der Waals surface area contributed by atoms with Crippen LogP contribution in [0.4, 0.5) is 18.9 Å². The number of carboxylic acid groups (broad SMARTS) is 1. The predicted octanol–water partition coefficient (Wildman–Crippen LogP) is 2.54. The van der Waals surface area contributed by atoms with Gasteiger partial charge in [0.15, 0.2) is 0 Å². The highest BCUT2D eigenvalue weighted by molar-refractivity contribution is 5.95. The van der Waals surface area contributed by atoms with E-state index in [2.05, 4.69) is 10.3 Å². The molecular weight excluding hydrogens is 289 g/mol. The molecule has 1 saturated carbocycles. The second-order valence-electron chi connectivity index (χ2n) is 4.90. The average Bonchev–Trinajstić information content (AvgIpc) is 2.87. The van der Waals surface area contributed by atoms with Crippen LogP contribution < -0.4 is 5.32 Å². The molecule has 0 radical (unpaired) electrons. The van der Waals surface area contributed by atoms with Crippen molar-refractivity contribution in [3.05, 3.63) is 24.0 Å². The van der Waals surface area contributed by atoms with Gasteiger partial charge in [0.05, 0.1) is 23.7 Å². The van der Waals surface area contributed by atoms with Crippen LogP contribution in [0.2, 0.25) is 0 Å². The summed E-state index contributed by atoms with van der Waals surface area (Å²) in [6.07, 6.45) is -2.11. The Morgan fingerprint density at radius 2 is 1.90 bits per heavy atom. The van der Waals surface area contributed by atoms with Crippen molar-refractivity contribution in [3.63, 3.8) is 0 Å². The third-order valence-electron chi connectivity index (χ3n) is 3.49. The standard InChI is InChI=1S/C13H13F3N2O3/c14-13(15,16)10-5-4-7(6-17-10)18-11(19)8-2-1-3-9(8)12(20)21/h4-6,8-9H,1-3H2,(H,18,19)(H,20,21). The number of hydrogen-bond donors (Lipinski definition) is 2. The lowest BCUT2D eigenvalue weighted by molar-refractivity contribution is -0.145. The Morgan fingerprint density at radius 1 is 1.24 bits per heavy atom. The molecule has 0 aromatic carbocycles. The molecule has 0 spiro atoms. The van der Waals surface area contributed by atoms with Gasteiger partial charge in [0.2, 0.25) is 5.91 Å². The highest BCUT2D eigenvalue weighted by atomic mass is 19.4. The maximum absolute atomic E-state index is 12.4. The third kappa shape index (κ3) is 3.50. The minimum absolute atomic E-state index is 0.115. The predicted molar refractivity (Wildman–Crippen MR) is 66.3 cm³/mol. The molecule has 2 atom stereocenters. The van der Waals surface area contributed by atoms with Gasteiger partial charge < -0.3 is 10.4 Å². The highest BCUT2D eigenvalue weighted by Crippen LogP contribution is 2.33. The quantitative estimate of drug-likeness (QED) is 0.899. The van der Waals surface area contributed by atoms with E-state index in [1.807, 2.05) is 0 Å². The Morgan fingerprint density at radius 3 is 2.43 bits per heavy atom. The molecule has 0 saturated heterocycles. The molecule has 2 rings (SSSR count). The molecule has 0 aliphatic heterocycles. The number of aromatic nitrogens is 1. The van der Waals surface area contributed by atoms with Crippen LogP contribution in [-0.4, -0.2) is 22.0 Å². The molecule has 1 aliphatic rings. The van der Waals surface area contributed by atoms with E-state index in [1.54, 1.807) is 0 Å². The summed E-state index contributed by atoms with van der Waals surface area (Å²) in [5.74, 6) is -2.93. The van der Waals surface area contributed by atoms with Crippen LogP contribution in [0.5, 0.6) is 0 Å². The fraction of sp³-hybridized carbons (Fsp3) is 0.462. The first kappa shape index (κ1) is 15.3. The average molecular weight is 302 g/mol. The van der Waals surface area contributed by atoms with Crippen LogP contribution in [0.3, 0.4) is 0 Å². The molecule has 8 heteroatoms. The highest BCUT2D eigenvalue weighted by Gasteiger charge is 2.38. The fourth-order valence-electron chi connectivity index (χ4n) is 2.44. The lowest BCUT2D eigenvalue weighted by Crippen LogP contribution is -2.30. The molecule has 0 bridgehead atoms. The van der Waals surface area contributed by atoms with Crippen molar-refractivity contribution in [2.24, 2.45) is 11.8 Å². The van der Waals surface area contributed by atoms with E-state index in [0.29, 0.717) is 19.3 Å². The van der Waals surface area contributed by atoms with Gasteiger partial charge in [-0.25, -0.2) is 4.98 Å². The second-order valence-corrected chi connectivity index (χ2v) is 4.90. The molecule has 2 N–H and O–H groups in total. The Bertz CT molecular complexity index is 543. The van der Waals surface area contributed by atoms with Crippen molar-refractivity contribution >= 4 is 17.6 Å². The van der Waals surface area contributed by atoms with E-state index < -0.39 is 35.6 Å². The number of carboxylic acids is 1. The number of halogens is 3. The molecule has 1 heterocycles. The van der Waals surface area contributed by atoms with Crippen molar-refractivity contribution in [3.8, 4) is 0 Å². The molecular formula is C13H13F3N2O3. The van der Waals surface area contributed by atoms with Gasteiger partial charge in [-0.3, -0.25) is 9.59 Å². The number of carbonyl (C=O) groups excluding carboxylic acids is 1. The number of nitrogens with one attached hydrogen (secondary N) is 1. The third-order valence-corrected chi connectivity index (χ3v) is 3.49. The summed E-state index contributed by atoms with van der Waals surface area (Å²) < 4.78 is 37.1. The summed E-state index contributed by atoms with van der Waals surface area (Å²) in [4.78, 5) is 26.2. The van der Waals surface area contributed by atoms with E-state index in [0.717, 1.165) is 18.3 Å². The van der Waals surface area contributed by atoms with Crippen LogP contribution >= 0.6 is 0 Å². The van der Waals surface area contributed by atoms with Crippen molar-refractivity contribution in [2.45, 2.75) is 25.4 Å².